The summed E-state index contributed by atoms with van der Waals surface area (Å²) in [5.41, 5.74) is -0.644. The molecule has 9 nitrogen and oxygen atoms in total. The first-order valence-electron chi connectivity index (χ1n) is 8.77. The highest BCUT2D eigenvalue weighted by Gasteiger charge is 2.34. The molecule has 1 unspecified atom stereocenters. The Kier molecular flexibility index (Phi) is 6.43. The Balaban J connectivity index is 2.04. The van der Waals surface area contributed by atoms with Crippen molar-refractivity contribution in [3.8, 4) is 5.75 Å². The molecule has 0 aromatic heterocycles. The van der Waals surface area contributed by atoms with Crippen LogP contribution in [0.1, 0.15) is 20.8 Å². The molecule has 10 heteroatoms. The van der Waals surface area contributed by atoms with Gasteiger partial charge in [-0.3, -0.25) is 4.90 Å². The molecule has 28 heavy (non-hydrogen) atoms. The van der Waals surface area contributed by atoms with Gasteiger partial charge < -0.3 is 19.5 Å². The molecule has 1 aromatic carbocycles. The fourth-order valence-corrected chi connectivity index (χ4v) is 3.35. The average Bonchev–Trinajstić information content (AvgIpc) is 2.57. The fraction of sp³-hybridized carbons (Fsp3) is 0.556. The van der Waals surface area contributed by atoms with E-state index >= 15 is 0 Å². The summed E-state index contributed by atoms with van der Waals surface area (Å²) in [7, 11) is -3.31. The Morgan fingerprint density at radius 1 is 1.18 bits per heavy atom. The summed E-state index contributed by atoms with van der Waals surface area (Å²) >= 11 is 0. The van der Waals surface area contributed by atoms with E-state index in [1.165, 1.54) is 34.1 Å². The lowest BCUT2D eigenvalue weighted by atomic mass is 10.2. The second kappa shape index (κ2) is 8.26. The first-order chi connectivity index (χ1) is 12.9. The van der Waals surface area contributed by atoms with E-state index in [-0.39, 0.29) is 31.1 Å². The van der Waals surface area contributed by atoms with Gasteiger partial charge in [-0.15, -0.1) is 0 Å². The van der Waals surface area contributed by atoms with E-state index in [0.717, 1.165) is 6.26 Å². The molecule has 0 bridgehead atoms. The largest absolute Gasteiger partial charge is 0.491 e. The molecule has 1 atom stereocenters. The summed E-state index contributed by atoms with van der Waals surface area (Å²) in [6.45, 7) is 5.83. The highest BCUT2D eigenvalue weighted by Crippen LogP contribution is 2.19. The summed E-state index contributed by atoms with van der Waals surface area (Å²) in [5, 5.41) is 9.41. The monoisotopic (exact) mass is 414 g/mol. The van der Waals surface area contributed by atoms with Crippen molar-refractivity contribution < 1.29 is 32.6 Å². The third-order valence-corrected chi connectivity index (χ3v) is 5.20. The van der Waals surface area contributed by atoms with Crippen molar-refractivity contribution in [1.82, 2.24) is 9.80 Å². The molecule has 0 radical (unpaired) electrons. The Bertz CT molecular complexity index is 815. The standard InChI is InChI=1S/C18H26N2O7S/c1-18(2,3)27-17(23)19-9-10-20(16(21)22)13(11-19)12-26-14-5-7-15(8-6-14)28(4,24)25/h5-8,13H,9-12H2,1-4H3,(H,21,22). The molecule has 2 rings (SSSR count). The average molecular weight is 414 g/mol. The van der Waals surface area contributed by atoms with Gasteiger partial charge in [0, 0.05) is 25.9 Å². The molecule has 2 amide bonds. The highest BCUT2D eigenvalue weighted by atomic mass is 32.2. The van der Waals surface area contributed by atoms with E-state index in [1.807, 2.05) is 0 Å². The number of carbonyl (C=O) groups is 2. The quantitative estimate of drug-likeness (QED) is 0.802. The molecule has 1 heterocycles. The lowest BCUT2D eigenvalue weighted by Gasteiger charge is -2.39. The van der Waals surface area contributed by atoms with E-state index in [4.69, 9.17) is 9.47 Å². The van der Waals surface area contributed by atoms with Crippen LogP contribution in [0.2, 0.25) is 0 Å². The molecule has 1 N–H and O–H groups in total. The minimum Gasteiger partial charge on any atom is -0.491 e. The van der Waals surface area contributed by atoms with Gasteiger partial charge in [-0.05, 0) is 45.0 Å². The highest BCUT2D eigenvalue weighted by molar-refractivity contribution is 7.90. The van der Waals surface area contributed by atoms with Gasteiger partial charge >= 0.3 is 12.2 Å². The molecule has 1 aliphatic heterocycles. The van der Waals surface area contributed by atoms with Crippen LogP contribution in [0, 0.1) is 0 Å². The Labute approximate surface area is 164 Å². The fourth-order valence-electron chi connectivity index (χ4n) is 2.72. The minimum absolute atomic E-state index is 0.0177. The zero-order valence-electron chi connectivity index (χ0n) is 16.4. The summed E-state index contributed by atoms with van der Waals surface area (Å²) in [6.07, 6.45) is -0.481. The van der Waals surface area contributed by atoms with Crippen LogP contribution in [0.4, 0.5) is 9.59 Å². The zero-order valence-corrected chi connectivity index (χ0v) is 17.2. The van der Waals surface area contributed by atoms with E-state index in [1.54, 1.807) is 20.8 Å². The smallest absolute Gasteiger partial charge is 0.410 e. The summed E-state index contributed by atoms with van der Waals surface area (Å²) in [6, 6.07) is 5.29. The maximum absolute atomic E-state index is 12.3. The lowest BCUT2D eigenvalue weighted by molar-refractivity contribution is -0.0000394. The van der Waals surface area contributed by atoms with Crippen LogP contribution >= 0.6 is 0 Å². The molecule has 1 aromatic rings. The van der Waals surface area contributed by atoms with Gasteiger partial charge in [0.25, 0.3) is 0 Å². The van der Waals surface area contributed by atoms with Crippen molar-refractivity contribution in [2.45, 2.75) is 37.3 Å². The number of nitrogens with zero attached hydrogens (tertiary/aromatic N) is 2. The van der Waals surface area contributed by atoms with Crippen LogP contribution in [0.3, 0.4) is 0 Å². The van der Waals surface area contributed by atoms with Crippen molar-refractivity contribution in [3.05, 3.63) is 24.3 Å². The summed E-state index contributed by atoms with van der Waals surface area (Å²) in [4.78, 5) is 26.6. The molecule has 1 saturated heterocycles. The zero-order chi connectivity index (χ0) is 21.1. The number of carboxylic acid groups (broad SMARTS) is 1. The van der Waals surface area contributed by atoms with Crippen molar-refractivity contribution >= 4 is 22.0 Å². The minimum atomic E-state index is -3.31. The molecule has 1 aliphatic rings. The maximum atomic E-state index is 12.3. The van der Waals surface area contributed by atoms with Gasteiger partial charge in [0.1, 0.15) is 18.0 Å². The van der Waals surface area contributed by atoms with Crippen LogP contribution < -0.4 is 4.74 Å². The van der Waals surface area contributed by atoms with Crippen molar-refractivity contribution in [1.29, 1.82) is 0 Å². The molecule has 1 fully saturated rings. The van der Waals surface area contributed by atoms with Gasteiger partial charge in [-0.25, -0.2) is 18.0 Å². The Hall–Kier alpha value is -2.49. The van der Waals surface area contributed by atoms with Gasteiger partial charge in [0.15, 0.2) is 9.84 Å². The number of hydrogen-bond donors (Lipinski definition) is 1. The van der Waals surface area contributed by atoms with Gasteiger partial charge in [-0.1, -0.05) is 0 Å². The topological polar surface area (TPSA) is 113 Å². The summed E-state index contributed by atoms with van der Waals surface area (Å²) < 4.78 is 34.0. The van der Waals surface area contributed by atoms with Crippen LogP contribution in [0.5, 0.6) is 5.75 Å². The van der Waals surface area contributed by atoms with Crippen LogP contribution in [-0.4, -0.2) is 79.7 Å². The number of ether oxygens (including phenoxy) is 2. The van der Waals surface area contributed by atoms with E-state index < -0.39 is 33.7 Å². The number of sulfone groups is 1. The number of carbonyl (C=O) groups excluding carboxylic acids is 1. The first-order valence-corrected chi connectivity index (χ1v) is 10.7. The third kappa shape index (κ3) is 6.01. The Morgan fingerprint density at radius 3 is 2.29 bits per heavy atom. The first kappa shape index (κ1) is 21.8. The van der Waals surface area contributed by atoms with E-state index in [9.17, 15) is 23.1 Å². The number of benzene rings is 1. The van der Waals surface area contributed by atoms with Crippen LogP contribution in [0.15, 0.2) is 29.2 Å². The molecule has 156 valence electrons. The predicted octanol–water partition coefficient (Wildman–Crippen LogP) is 2.07. The number of hydrogen-bond acceptors (Lipinski definition) is 6. The Morgan fingerprint density at radius 2 is 1.79 bits per heavy atom. The second-order valence-corrected chi connectivity index (χ2v) is 9.63. The molecular formula is C18H26N2O7S. The second-order valence-electron chi connectivity index (χ2n) is 7.61. The molecule has 0 spiro atoms. The molecule has 0 saturated carbocycles. The number of amides is 2. The molecule has 0 aliphatic carbocycles. The van der Waals surface area contributed by atoms with Gasteiger partial charge in [-0.2, -0.15) is 0 Å². The number of piperazine rings is 1. The van der Waals surface area contributed by atoms with Crippen molar-refractivity contribution in [2.75, 3.05) is 32.5 Å². The van der Waals surface area contributed by atoms with Gasteiger partial charge in [0.05, 0.1) is 10.9 Å². The van der Waals surface area contributed by atoms with E-state index in [2.05, 4.69) is 0 Å². The van der Waals surface area contributed by atoms with Gasteiger partial charge in [0.2, 0.25) is 0 Å². The third-order valence-electron chi connectivity index (χ3n) is 4.07. The SMILES string of the molecule is CC(C)(C)OC(=O)N1CCN(C(=O)O)C(COc2ccc(S(C)(=O)=O)cc2)C1. The van der Waals surface area contributed by atoms with Crippen LogP contribution in [-0.2, 0) is 14.6 Å². The van der Waals surface area contributed by atoms with Crippen molar-refractivity contribution in [3.63, 3.8) is 0 Å². The predicted molar refractivity (Wildman–Crippen MR) is 101 cm³/mol. The summed E-state index contributed by atoms with van der Waals surface area (Å²) in [5.74, 6) is 0.409. The van der Waals surface area contributed by atoms with Crippen LogP contribution in [0.25, 0.3) is 0 Å². The maximum Gasteiger partial charge on any atom is 0.410 e. The van der Waals surface area contributed by atoms with E-state index in [0.29, 0.717) is 5.75 Å². The number of rotatable bonds is 4. The van der Waals surface area contributed by atoms with Crippen molar-refractivity contribution in [2.24, 2.45) is 0 Å². The lowest BCUT2D eigenvalue weighted by Crippen LogP contribution is -2.58. The normalized spacial score (nSPS) is 17.9. The molecular weight excluding hydrogens is 388 g/mol.